The van der Waals surface area contributed by atoms with Crippen molar-refractivity contribution in [3.05, 3.63) is 18.0 Å². The third kappa shape index (κ3) is 4.34. The summed E-state index contributed by atoms with van der Waals surface area (Å²) in [5.74, 6) is 0. The Morgan fingerprint density at radius 3 is 2.47 bits per heavy atom. The third-order valence-corrected chi connectivity index (χ3v) is 4.25. The van der Waals surface area contributed by atoms with E-state index in [9.17, 15) is 0 Å². The highest BCUT2D eigenvalue weighted by Crippen LogP contribution is 2.39. The molecule has 0 radical (unpaired) electrons. The van der Waals surface area contributed by atoms with Crippen molar-refractivity contribution in [1.29, 1.82) is 0 Å². The Labute approximate surface area is 117 Å². The highest BCUT2D eigenvalue weighted by molar-refractivity contribution is 5.08. The molecule has 1 aromatic rings. The SMILES string of the molecule is Cn1cc(CC2(CNC(C)(C)C)CCCCC2)cn1. The average molecular weight is 263 g/mol. The van der Waals surface area contributed by atoms with Crippen LogP contribution in [0.25, 0.3) is 0 Å². The molecular formula is C16H29N3. The fraction of sp³-hybridized carbons (Fsp3) is 0.812. The minimum Gasteiger partial charge on any atom is -0.312 e. The van der Waals surface area contributed by atoms with E-state index in [0.717, 1.165) is 6.54 Å². The fourth-order valence-corrected chi connectivity index (χ4v) is 3.17. The minimum atomic E-state index is 0.208. The van der Waals surface area contributed by atoms with Gasteiger partial charge in [-0.15, -0.1) is 0 Å². The molecular weight excluding hydrogens is 234 g/mol. The first-order valence-electron chi connectivity index (χ1n) is 7.61. The lowest BCUT2D eigenvalue weighted by molar-refractivity contribution is 0.165. The summed E-state index contributed by atoms with van der Waals surface area (Å²) in [5.41, 5.74) is 2.04. The number of hydrogen-bond acceptors (Lipinski definition) is 2. The van der Waals surface area contributed by atoms with Gasteiger partial charge in [0.05, 0.1) is 6.20 Å². The lowest BCUT2D eigenvalue weighted by Crippen LogP contribution is -2.45. The summed E-state index contributed by atoms with van der Waals surface area (Å²) in [7, 11) is 2.00. The summed E-state index contributed by atoms with van der Waals surface area (Å²) < 4.78 is 1.92. The van der Waals surface area contributed by atoms with E-state index in [2.05, 4.69) is 37.4 Å². The van der Waals surface area contributed by atoms with Gasteiger partial charge in [0.2, 0.25) is 0 Å². The van der Waals surface area contributed by atoms with E-state index in [1.54, 1.807) is 0 Å². The number of hydrogen-bond donors (Lipinski definition) is 1. The summed E-state index contributed by atoms with van der Waals surface area (Å²) in [4.78, 5) is 0. The van der Waals surface area contributed by atoms with Gasteiger partial charge in [-0.25, -0.2) is 0 Å². The zero-order chi connectivity index (χ0) is 13.9. The van der Waals surface area contributed by atoms with E-state index >= 15 is 0 Å². The second kappa shape index (κ2) is 5.66. The van der Waals surface area contributed by atoms with Gasteiger partial charge in [-0.05, 0) is 51.0 Å². The number of aryl methyl sites for hydroxylation is 1. The first-order chi connectivity index (χ1) is 8.89. The smallest absolute Gasteiger partial charge is 0.0521 e. The molecule has 0 saturated heterocycles. The van der Waals surface area contributed by atoms with E-state index in [0.29, 0.717) is 5.41 Å². The molecule has 2 rings (SSSR count). The summed E-state index contributed by atoms with van der Waals surface area (Å²) in [5, 5.41) is 8.05. The quantitative estimate of drug-likeness (QED) is 0.903. The maximum Gasteiger partial charge on any atom is 0.0521 e. The predicted molar refractivity (Wildman–Crippen MR) is 80.2 cm³/mol. The van der Waals surface area contributed by atoms with Crippen molar-refractivity contribution in [3.63, 3.8) is 0 Å². The summed E-state index contributed by atoms with van der Waals surface area (Å²) in [6.07, 6.45) is 12.3. The maximum atomic E-state index is 4.32. The van der Waals surface area contributed by atoms with Crippen LogP contribution in [0.2, 0.25) is 0 Å². The molecule has 108 valence electrons. The van der Waals surface area contributed by atoms with Crippen molar-refractivity contribution in [3.8, 4) is 0 Å². The van der Waals surface area contributed by atoms with E-state index < -0.39 is 0 Å². The summed E-state index contributed by atoms with van der Waals surface area (Å²) in [6.45, 7) is 7.90. The van der Waals surface area contributed by atoms with Crippen LogP contribution in [0.1, 0.15) is 58.4 Å². The number of aromatic nitrogens is 2. The van der Waals surface area contributed by atoms with Gasteiger partial charge >= 0.3 is 0 Å². The summed E-state index contributed by atoms with van der Waals surface area (Å²) in [6, 6.07) is 0. The molecule has 0 bridgehead atoms. The van der Waals surface area contributed by atoms with Gasteiger partial charge in [0.1, 0.15) is 0 Å². The number of nitrogens with zero attached hydrogens (tertiary/aromatic N) is 2. The normalized spacial score (nSPS) is 19.6. The van der Waals surface area contributed by atoms with Crippen molar-refractivity contribution >= 4 is 0 Å². The van der Waals surface area contributed by atoms with Gasteiger partial charge in [0.25, 0.3) is 0 Å². The molecule has 0 spiro atoms. The molecule has 1 heterocycles. The molecule has 0 amide bonds. The van der Waals surface area contributed by atoms with Crippen LogP contribution in [0, 0.1) is 5.41 Å². The van der Waals surface area contributed by atoms with Crippen molar-refractivity contribution in [2.45, 2.75) is 64.8 Å². The van der Waals surface area contributed by atoms with Crippen LogP contribution in [0.15, 0.2) is 12.4 Å². The van der Waals surface area contributed by atoms with E-state index in [-0.39, 0.29) is 5.54 Å². The Bertz CT molecular complexity index is 394. The molecule has 1 N–H and O–H groups in total. The number of nitrogens with one attached hydrogen (secondary N) is 1. The monoisotopic (exact) mass is 263 g/mol. The number of rotatable bonds is 4. The second-order valence-electron chi connectivity index (χ2n) is 7.36. The zero-order valence-corrected chi connectivity index (χ0v) is 13.0. The lowest BCUT2D eigenvalue weighted by atomic mass is 9.70. The molecule has 1 aliphatic rings. The van der Waals surface area contributed by atoms with Gasteiger partial charge in [-0.1, -0.05) is 19.3 Å². The van der Waals surface area contributed by atoms with Crippen molar-refractivity contribution in [2.75, 3.05) is 6.54 Å². The fourth-order valence-electron chi connectivity index (χ4n) is 3.17. The predicted octanol–water partition coefficient (Wildman–Crippen LogP) is 3.30. The first-order valence-corrected chi connectivity index (χ1v) is 7.61. The van der Waals surface area contributed by atoms with Gasteiger partial charge < -0.3 is 5.32 Å². The zero-order valence-electron chi connectivity index (χ0n) is 13.0. The van der Waals surface area contributed by atoms with Crippen LogP contribution in [-0.4, -0.2) is 21.9 Å². The molecule has 3 nitrogen and oxygen atoms in total. The third-order valence-electron chi connectivity index (χ3n) is 4.25. The Balaban J connectivity index is 2.05. The van der Waals surface area contributed by atoms with Crippen LogP contribution < -0.4 is 5.32 Å². The molecule has 1 aliphatic carbocycles. The minimum absolute atomic E-state index is 0.208. The van der Waals surface area contributed by atoms with Gasteiger partial charge in [0, 0.05) is 25.3 Å². The van der Waals surface area contributed by atoms with Crippen LogP contribution in [0.4, 0.5) is 0 Å². The van der Waals surface area contributed by atoms with Gasteiger partial charge in [-0.2, -0.15) is 5.10 Å². The Morgan fingerprint density at radius 2 is 1.95 bits per heavy atom. The van der Waals surface area contributed by atoms with E-state index in [1.165, 1.54) is 44.1 Å². The largest absolute Gasteiger partial charge is 0.312 e. The molecule has 19 heavy (non-hydrogen) atoms. The van der Waals surface area contributed by atoms with Crippen molar-refractivity contribution in [2.24, 2.45) is 12.5 Å². The molecule has 1 aromatic heterocycles. The molecule has 0 aliphatic heterocycles. The topological polar surface area (TPSA) is 29.9 Å². The molecule has 1 saturated carbocycles. The van der Waals surface area contributed by atoms with Crippen LogP contribution >= 0.6 is 0 Å². The van der Waals surface area contributed by atoms with Crippen LogP contribution in [0.5, 0.6) is 0 Å². The molecule has 3 heteroatoms. The molecule has 1 fully saturated rings. The highest BCUT2D eigenvalue weighted by atomic mass is 15.2. The van der Waals surface area contributed by atoms with Crippen LogP contribution in [-0.2, 0) is 13.5 Å². The second-order valence-corrected chi connectivity index (χ2v) is 7.36. The highest BCUT2D eigenvalue weighted by Gasteiger charge is 2.33. The van der Waals surface area contributed by atoms with Crippen LogP contribution in [0.3, 0.4) is 0 Å². The summed E-state index contributed by atoms with van der Waals surface area (Å²) >= 11 is 0. The van der Waals surface area contributed by atoms with Crippen molar-refractivity contribution < 1.29 is 0 Å². The maximum absolute atomic E-state index is 4.32. The average Bonchev–Trinajstić information content (AvgIpc) is 2.73. The molecule has 0 unspecified atom stereocenters. The lowest BCUT2D eigenvalue weighted by Gasteiger charge is -2.39. The van der Waals surface area contributed by atoms with E-state index in [1.807, 2.05) is 17.9 Å². The van der Waals surface area contributed by atoms with Gasteiger partial charge in [-0.3, -0.25) is 4.68 Å². The van der Waals surface area contributed by atoms with Crippen molar-refractivity contribution in [1.82, 2.24) is 15.1 Å². The van der Waals surface area contributed by atoms with Gasteiger partial charge in [0.15, 0.2) is 0 Å². The Morgan fingerprint density at radius 1 is 1.26 bits per heavy atom. The molecule has 0 atom stereocenters. The van der Waals surface area contributed by atoms with E-state index in [4.69, 9.17) is 0 Å². The Kier molecular flexibility index (Phi) is 4.34. The Hall–Kier alpha value is -0.830. The molecule has 0 aromatic carbocycles. The standard InChI is InChI=1S/C16H29N3/c1-15(2,3)17-13-16(8-6-5-7-9-16)10-14-11-18-19(4)12-14/h11-12,17H,5-10,13H2,1-4H3. The first kappa shape index (κ1) is 14.6.